The average Bonchev–Trinajstić information content (AvgIpc) is 2.85. The molecule has 8 heteroatoms. The summed E-state index contributed by atoms with van der Waals surface area (Å²) in [6.45, 7) is 4.22. The van der Waals surface area contributed by atoms with Gasteiger partial charge in [0.05, 0.1) is 27.0 Å². The molecule has 0 radical (unpaired) electrons. The maximum atomic E-state index is 12.7. The first-order valence-corrected chi connectivity index (χ1v) is 8.51. The summed E-state index contributed by atoms with van der Waals surface area (Å²) < 4.78 is 38.0. The SMILES string of the molecule is CC(C)C1SCC/C1=N/Nc1c(Cl)cc(C(F)(F)F)cc1Cl. The summed E-state index contributed by atoms with van der Waals surface area (Å²) in [4.78, 5) is 0. The highest BCUT2D eigenvalue weighted by atomic mass is 35.5. The molecule has 1 aromatic rings. The quantitative estimate of drug-likeness (QED) is 0.665. The number of hydrogen-bond donors (Lipinski definition) is 1. The van der Waals surface area contributed by atoms with E-state index in [9.17, 15) is 13.2 Å². The van der Waals surface area contributed by atoms with Crippen LogP contribution in [-0.4, -0.2) is 16.7 Å². The van der Waals surface area contributed by atoms with Crippen molar-refractivity contribution in [2.75, 3.05) is 11.2 Å². The Morgan fingerprint density at radius 1 is 1.27 bits per heavy atom. The van der Waals surface area contributed by atoms with Gasteiger partial charge in [0.15, 0.2) is 0 Å². The molecule has 0 aromatic heterocycles. The van der Waals surface area contributed by atoms with Gasteiger partial charge in [-0.1, -0.05) is 37.0 Å². The predicted molar refractivity (Wildman–Crippen MR) is 88.2 cm³/mol. The van der Waals surface area contributed by atoms with Gasteiger partial charge < -0.3 is 0 Å². The second-order valence-electron chi connectivity index (χ2n) is 5.31. The molecule has 22 heavy (non-hydrogen) atoms. The molecule has 1 fully saturated rings. The third-order valence-corrected chi connectivity index (χ3v) is 5.48. The topological polar surface area (TPSA) is 24.4 Å². The molecule has 1 N–H and O–H groups in total. The Labute approximate surface area is 141 Å². The number of hydrogen-bond acceptors (Lipinski definition) is 3. The molecule has 1 aromatic carbocycles. The number of anilines is 1. The van der Waals surface area contributed by atoms with Gasteiger partial charge in [-0.2, -0.15) is 30.0 Å². The first-order valence-electron chi connectivity index (χ1n) is 6.70. The van der Waals surface area contributed by atoms with Crippen LogP contribution in [-0.2, 0) is 6.18 Å². The Bertz CT molecular complexity index is 565. The van der Waals surface area contributed by atoms with Crippen LogP contribution in [0.1, 0.15) is 25.8 Å². The highest BCUT2D eigenvalue weighted by Crippen LogP contribution is 2.39. The monoisotopic (exact) mass is 370 g/mol. The minimum absolute atomic E-state index is 0.101. The number of nitrogens with one attached hydrogen (secondary N) is 1. The van der Waals surface area contributed by atoms with Gasteiger partial charge in [-0.3, -0.25) is 5.43 Å². The summed E-state index contributed by atoms with van der Waals surface area (Å²) in [5.41, 5.74) is 3.03. The Morgan fingerprint density at radius 2 is 1.86 bits per heavy atom. The maximum absolute atomic E-state index is 12.7. The van der Waals surface area contributed by atoms with E-state index in [0.29, 0.717) is 11.2 Å². The lowest BCUT2D eigenvalue weighted by Gasteiger charge is -2.15. The lowest BCUT2D eigenvalue weighted by molar-refractivity contribution is -0.137. The number of thioether (sulfide) groups is 1. The van der Waals surface area contributed by atoms with Gasteiger partial charge in [0.2, 0.25) is 0 Å². The van der Waals surface area contributed by atoms with Gasteiger partial charge in [0.1, 0.15) is 0 Å². The van der Waals surface area contributed by atoms with Crippen molar-refractivity contribution in [1.29, 1.82) is 0 Å². The van der Waals surface area contributed by atoms with Gasteiger partial charge in [-0.25, -0.2) is 0 Å². The van der Waals surface area contributed by atoms with E-state index < -0.39 is 11.7 Å². The van der Waals surface area contributed by atoms with Crippen LogP contribution in [0.4, 0.5) is 18.9 Å². The van der Waals surface area contributed by atoms with Gasteiger partial charge in [-0.05, 0) is 30.2 Å². The van der Waals surface area contributed by atoms with Crippen molar-refractivity contribution in [3.05, 3.63) is 27.7 Å². The smallest absolute Gasteiger partial charge is 0.275 e. The summed E-state index contributed by atoms with van der Waals surface area (Å²) in [6, 6.07) is 1.69. The lowest BCUT2D eigenvalue weighted by Crippen LogP contribution is -2.19. The highest BCUT2D eigenvalue weighted by molar-refractivity contribution is 8.01. The van der Waals surface area contributed by atoms with Crippen LogP contribution in [0.15, 0.2) is 17.2 Å². The van der Waals surface area contributed by atoms with Crippen LogP contribution < -0.4 is 5.43 Å². The van der Waals surface area contributed by atoms with Gasteiger partial charge in [0.25, 0.3) is 0 Å². The normalized spacial score (nSPS) is 20.9. The zero-order valence-electron chi connectivity index (χ0n) is 12.0. The predicted octanol–water partition coefficient (Wildman–Crippen LogP) is 5.94. The van der Waals surface area contributed by atoms with E-state index in [0.717, 1.165) is 30.0 Å². The number of rotatable bonds is 3. The largest absolute Gasteiger partial charge is 0.416 e. The second kappa shape index (κ2) is 6.89. The molecule has 0 saturated carbocycles. The van der Waals surface area contributed by atoms with E-state index in [-0.39, 0.29) is 15.7 Å². The molecule has 2 nitrogen and oxygen atoms in total. The van der Waals surface area contributed by atoms with E-state index in [2.05, 4.69) is 24.4 Å². The number of benzene rings is 1. The molecular formula is C14H15Cl2F3N2S. The Hall–Kier alpha value is -0.590. The summed E-state index contributed by atoms with van der Waals surface area (Å²) >= 11 is 13.6. The molecule has 1 unspecified atom stereocenters. The Balaban J connectivity index is 2.24. The molecule has 2 rings (SSSR count). The molecule has 1 atom stereocenters. The van der Waals surface area contributed by atoms with Crippen molar-refractivity contribution >= 4 is 46.4 Å². The van der Waals surface area contributed by atoms with Gasteiger partial charge >= 0.3 is 6.18 Å². The third-order valence-electron chi connectivity index (χ3n) is 3.27. The molecule has 0 bridgehead atoms. The summed E-state index contributed by atoms with van der Waals surface area (Å²) in [5.74, 6) is 1.42. The van der Waals surface area contributed by atoms with E-state index in [1.54, 1.807) is 0 Å². The van der Waals surface area contributed by atoms with E-state index in [1.165, 1.54) is 0 Å². The number of alkyl halides is 3. The van der Waals surface area contributed by atoms with Crippen LogP contribution >= 0.6 is 35.0 Å². The molecule has 122 valence electrons. The van der Waals surface area contributed by atoms with E-state index >= 15 is 0 Å². The van der Waals surface area contributed by atoms with Crippen LogP contribution in [0.25, 0.3) is 0 Å². The number of nitrogens with zero attached hydrogens (tertiary/aromatic N) is 1. The second-order valence-corrected chi connectivity index (χ2v) is 7.38. The zero-order chi connectivity index (χ0) is 16.5. The minimum atomic E-state index is -4.48. The zero-order valence-corrected chi connectivity index (χ0v) is 14.3. The average molecular weight is 371 g/mol. The molecule has 0 aliphatic carbocycles. The highest BCUT2D eigenvalue weighted by Gasteiger charge is 2.32. The molecule has 0 spiro atoms. The standard InChI is InChI=1S/C14H15Cl2F3N2S/c1-7(2)13-11(3-4-22-13)20-21-12-9(15)5-8(6-10(12)16)14(17,18)19/h5-7,13,21H,3-4H2,1-2H3/b20-11-. The van der Waals surface area contributed by atoms with Crippen molar-refractivity contribution in [2.24, 2.45) is 11.0 Å². The van der Waals surface area contributed by atoms with Crippen molar-refractivity contribution < 1.29 is 13.2 Å². The van der Waals surface area contributed by atoms with E-state index in [1.807, 2.05) is 11.8 Å². The fraction of sp³-hybridized carbons (Fsp3) is 0.500. The van der Waals surface area contributed by atoms with Gasteiger partial charge in [-0.15, -0.1) is 0 Å². The summed E-state index contributed by atoms with van der Waals surface area (Å²) in [6.07, 6.45) is -3.64. The lowest BCUT2D eigenvalue weighted by atomic mass is 10.0. The Morgan fingerprint density at radius 3 is 2.36 bits per heavy atom. The molecular weight excluding hydrogens is 356 g/mol. The van der Waals surface area contributed by atoms with Crippen molar-refractivity contribution in [3.63, 3.8) is 0 Å². The molecule has 1 aliphatic heterocycles. The number of halogens is 5. The van der Waals surface area contributed by atoms with E-state index in [4.69, 9.17) is 23.2 Å². The molecule has 1 heterocycles. The van der Waals surface area contributed by atoms with Crippen molar-refractivity contribution in [2.45, 2.75) is 31.7 Å². The minimum Gasteiger partial charge on any atom is -0.275 e. The van der Waals surface area contributed by atoms with Crippen LogP contribution in [0.2, 0.25) is 10.0 Å². The number of hydrazone groups is 1. The first kappa shape index (κ1) is 17.8. The molecule has 0 amide bonds. The fourth-order valence-electron chi connectivity index (χ4n) is 2.20. The first-order chi connectivity index (χ1) is 10.2. The summed E-state index contributed by atoms with van der Waals surface area (Å²) in [5, 5.41) is 4.41. The summed E-state index contributed by atoms with van der Waals surface area (Å²) in [7, 11) is 0. The maximum Gasteiger partial charge on any atom is 0.416 e. The van der Waals surface area contributed by atoms with Crippen molar-refractivity contribution in [1.82, 2.24) is 0 Å². The van der Waals surface area contributed by atoms with Crippen LogP contribution in [0, 0.1) is 5.92 Å². The molecule has 1 aliphatic rings. The van der Waals surface area contributed by atoms with Crippen molar-refractivity contribution in [3.8, 4) is 0 Å². The fourth-order valence-corrected chi connectivity index (χ4v) is 4.10. The third kappa shape index (κ3) is 4.03. The van der Waals surface area contributed by atoms with Gasteiger partial charge in [0, 0.05) is 5.25 Å². The van der Waals surface area contributed by atoms with Crippen LogP contribution in [0.3, 0.4) is 0 Å². The van der Waals surface area contributed by atoms with Crippen LogP contribution in [0.5, 0.6) is 0 Å². The Kier molecular flexibility index (Phi) is 5.56. The molecule has 1 saturated heterocycles.